The van der Waals surface area contributed by atoms with Gasteiger partial charge in [-0.25, -0.2) is 0 Å². The maximum Gasteiger partial charge on any atom is 0.266 e. The Labute approximate surface area is 167 Å². The topological polar surface area (TPSA) is 71.3 Å². The highest BCUT2D eigenvalue weighted by Gasteiger charge is 2.15. The molecule has 27 heavy (non-hydrogen) atoms. The van der Waals surface area contributed by atoms with Gasteiger partial charge in [-0.05, 0) is 78.2 Å². The second kappa shape index (κ2) is 9.24. The van der Waals surface area contributed by atoms with E-state index in [1.807, 2.05) is 45.0 Å². The van der Waals surface area contributed by atoms with E-state index in [0.717, 1.165) is 5.56 Å². The zero-order valence-corrected chi connectivity index (χ0v) is 17.3. The number of anilines is 1. The van der Waals surface area contributed by atoms with Gasteiger partial charge in [-0.15, -0.1) is 0 Å². The number of nitrogens with one attached hydrogen (secondary N) is 1. The summed E-state index contributed by atoms with van der Waals surface area (Å²) in [6.45, 7) is 5.77. The highest BCUT2D eigenvalue weighted by molar-refractivity contribution is 9.10. The molecule has 5 nitrogen and oxygen atoms in total. The Bertz CT molecular complexity index is 914. The fourth-order valence-corrected chi connectivity index (χ4v) is 2.96. The van der Waals surface area contributed by atoms with E-state index in [1.165, 1.54) is 13.2 Å². The number of halogens is 1. The first kappa shape index (κ1) is 20.5. The SMILES string of the molecule is COc1cc(/C=C(\C#N)C(=O)Nc2cccc(C)c2)cc(Br)c1OC(C)C. The van der Waals surface area contributed by atoms with Crippen LogP contribution in [0.4, 0.5) is 5.69 Å². The molecule has 0 radical (unpaired) electrons. The van der Waals surface area contributed by atoms with E-state index in [0.29, 0.717) is 27.2 Å². The van der Waals surface area contributed by atoms with Gasteiger partial charge in [0.15, 0.2) is 11.5 Å². The number of carbonyl (C=O) groups excluding carboxylic acids is 1. The van der Waals surface area contributed by atoms with E-state index in [2.05, 4.69) is 21.2 Å². The van der Waals surface area contributed by atoms with Crippen LogP contribution >= 0.6 is 15.9 Å². The third kappa shape index (κ3) is 5.60. The van der Waals surface area contributed by atoms with Gasteiger partial charge in [-0.2, -0.15) is 5.26 Å². The predicted molar refractivity (Wildman–Crippen MR) is 110 cm³/mol. The summed E-state index contributed by atoms with van der Waals surface area (Å²) < 4.78 is 11.8. The van der Waals surface area contributed by atoms with Crippen molar-refractivity contribution < 1.29 is 14.3 Å². The molecule has 0 aliphatic carbocycles. The third-order valence-electron chi connectivity index (χ3n) is 3.56. The molecule has 2 aromatic carbocycles. The number of hydrogen-bond acceptors (Lipinski definition) is 4. The van der Waals surface area contributed by atoms with Crippen molar-refractivity contribution in [3.8, 4) is 17.6 Å². The van der Waals surface area contributed by atoms with E-state index in [-0.39, 0.29) is 11.7 Å². The molecule has 2 rings (SSSR count). The summed E-state index contributed by atoms with van der Waals surface area (Å²) in [6.07, 6.45) is 1.49. The molecule has 0 unspecified atom stereocenters. The molecule has 0 atom stereocenters. The fourth-order valence-electron chi connectivity index (χ4n) is 2.41. The van der Waals surface area contributed by atoms with Crippen molar-refractivity contribution in [1.82, 2.24) is 0 Å². The number of nitrogens with zero attached hydrogens (tertiary/aromatic N) is 1. The molecule has 0 spiro atoms. The molecule has 0 aliphatic rings. The average molecular weight is 429 g/mol. The van der Waals surface area contributed by atoms with Crippen molar-refractivity contribution in [3.63, 3.8) is 0 Å². The van der Waals surface area contributed by atoms with E-state index >= 15 is 0 Å². The van der Waals surface area contributed by atoms with Crippen molar-refractivity contribution in [2.24, 2.45) is 0 Å². The maximum atomic E-state index is 12.4. The molecule has 1 N–H and O–H groups in total. The first-order valence-corrected chi connectivity index (χ1v) is 9.17. The lowest BCUT2D eigenvalue weighted by Crippen LogP contribution is -2.13. The van der Waals surface area contributed by atoms with Crippen LogP contribution in [0, 0.1) is 18.3 Å². The summed E-state index contributed by atoms with van der Waals surface area (Å²) in [5.74, 6) is 0.619. The zero-order chi connectivity index (χ0) is 20.0. The Balaban J connectivity index is 2.32. The van der Waals surface area contributed by atoms with Gasteiger partial charge in [0, 0.05) is 5.69 Å². The van der Waals surface area contributed by atoms with E-state index in [9.17, 15) is 10.1 Å². The van der Waals surface area contributed by atoms with Crippen LogP contribution in [0.2, 0.25) is 0 Å². The lowest BCUT2D eigenvalue weighted by atomic mass is 10.1. The number of nitriles is 1. The molecule has 0 aliphatic heterocycles. The Morgan fingerprint density at radius 1 is 1.30 bits per heavy atom. The molecule has 2 aromatic rings. The van der Waals surface area contributed by atoms with Gasteiger partial charge in [0.25, 0.3) is 5.91 Å². The van der Waals surface area contributed by atoms with Crippen molar-refractivity contribution in [1.29, 1.82) is 5.26 Å². The molecule has 6 heteroatoms. The Kier molecular flexibility index (Phi) is 7.03. The Hall–Kier alpha value is -2.78. The average Bonchev–Trinajstić information content (AvgIpc) is 2.61. The number of rotatable bonds is 6. The van der Waals surface area contributed by atoms with Gasteiger partial charge in [-0.3, -0.25) is 4.79 Å². The fraction of sp³-hybridized carbons (Fsp3) is 0.238. The van der Waals surface area contributed by atoms with Gasteiger partial charge < -0.3 is 14.8 Å². The number of carbonyl (C=O) groups is 1. The number of methoxy groups -OCH3 is 1. The summed E-state index contributed by atoms with van der Waals surface area (Å²) in [7, 11) is 1.54. The number of benzene rings is 2. The number of ether oxygens (including phenoxy) is 2. The second-order valence-corrected chi connectivity index (χ2v) is 7.05. The first-order valence-electron chi connectivity index (χ1n) is 8.38. The van der Waals surface area contributed by atoms with Crippen molar-refractivity contribution >= 4 is 33.6 Å². The van der Waals surface area contributed by atoms with Gasteiger partial charge >= 0.3 is 0 Å². The lowest BCUT2D eigenvalue weighted by Gasteiger charge is -2.16. The summed E-state index contributed by atoms with van der Waals surface area (Å²) in [5, 5.41) is 12.2. The number of amides is 1. The van der Waals surface area contributed by atoms with Gasteiger partial charge in [0.05, 0.1) is 17.7 Å². The highest BCUT2D eigenvalue weighted by Crippen LogP contribution is 2.37. The molecule has 0 heterocycles. The van der Waals surface area contributed by atoms with Crippen molar-refractivity contribution in [2.75, 3.05) is 12.4 Å². The number of hydrogen-bond donors (Lipinski definition) is 1. The summed E-state index contributed by atoms with van der Waals surface area (Å²) in [4.78, 5) is 12.4. The lowest BCUT2D eigenvalue weighted by molar-refractivity contribution is -0.112. The first-order chi connectivity index (χ1) is 12.8. The highest BCUT2D eigenvalue weighted by atomic mass is 79.9. The summed E-state index contributed by atoms with van der Waals surface area (Å²) in [6, 6.07) is 12.8. The minimum Gasteiger partial charge on any atom is -0.493 e. The third-order valence-corrected chi connectivity index (χ3v) is 4.15. The molecule has 0 bridgehead atoms. The Morgan fingerprint density at radius 3 is 2.63 bits per heavy atom. The van der Waals surface area contributed by atoms with Gasteiger partial charge in [0.1, 0.15) is 11.6 Å². The number of aryl methyl sites for hydroxylation is 1. The normalized spacial score (nSPS) is 11.1. The predicted octanol–water partition coefficient (Wildman–Crippen LogP) is 5.10. The zero-order valence-electron chi connectivity index (χ0n) is 15.7. The summed E-state index contributed by atoms with van der Waals surface area (Å²) >= 11 is 3.46. The molecule has 0 aromatic heterocycles. The van der Waals surface area contributed by atoms with Gasteiger partial charge in [-0.1, -0.05) is 12.1 Å². The van der Waals surface area contributed by atoms with Crippen LogP contribution in [0.15, 0.2) is 46.4 Å². The minimum absolute atomic E-state index is 0.0111. The van der Waals surface area contributed by atoms with Gasteiger partial charge in [0.2, 0.25) is 0 Å². The van der Waals surface area contributed by atoms with Crippen LogP contribution in [0.5, 0.6) is 11.5 Å². The van der Waals surface area contributed by atoms with Crippen LogP contribution < -0.4 is 14.8 Å². The van der Waals surface area contributed by atoms with Crippen LogP contribution in [0.25, 0.3) is 6.08 Å². The smallest absolute Gasteiger partial charge is 0.266 e. The summed E-state index contributed by atoms with van der Waals surface area (Å²) in [5.41, 5.74) is 2.29. The molecule has 140 valence electrons. The monoisotopic (exact) mass is 428 g/mol. The van der Waals surface area contributed by atoms with E-state index < -0.39 is 5.91 Å². The van der Waals surface area contributed by atoms with Crippen LogP contribution in [0.1, 0.15) is 25.0 Å². The molecular formula is C21H21BrN2O3. The van der Waals surface area contributed by atoms with Crippen LogP contribution in [-0.4, -0.2) is 19.1 Å². The maximum absolute atomic E-state index is 12.4. The molecule has 0 saturated carbocycles. The standard InChI is InChI=1S/C21H21BrN2O3/c1-13(2)27-20-18(22)10-15(11-19(20)26-4)9-16(12-23)21(25)24-17-7-5-6-14(3)8-17/h5-11,13H,1-4H3,(H,24,25)/b16-9+. The van der Waals surface area contributed by atoms with Crippen LogP contribution in [-0.2, 0) is 4.79 Å². The Morgan fingerprint density at radius 2 is 2.04 bits per heavy atom. The van der Waals surface area contributed by atoms with E-state index in [1.54, 1.807) is 18.2 Å². The van der Waals surface area contributed by atoms with Crippen molar-refractivity contribution in [2.45, 2.75) is 26.9 Å². The van der Waals surface area contributed by atoms with Crippen molar-refractivity contribution in [3.05, 3.63) is 57.6 Å². The molecule has 0 saturated heterocycles. The largest absolute Gasteiger partial charge is 0.493 e. The molecule has 1 amide bonds. The molecular weight excluding hydrogens is 408 g/mol. The van der Waals surface area contributed by atoms with Crippen LogP contribution in [0.3, 0.4) is 0 Å². The molecule has 0 fully saturated rings. The van der Waals surface area contributed by atoms with E-state index in [4.69, 9.17) is 9.47 Å². The minimum atomic E-state index is -0.472. The quantitative estimate of drug-likeness (QED) is 0.513. The second-order valence-electron chi connectivity index (χ2n) is 6.19.